The second-order valence-electron chi connectivity index (χ2n) is 7.71. The normalized spacial score (nSPS) is 14.6. The van der Waals surface area contributed by atoms with Gasteiger partial charge in [0.15, 0.2) is 5.60 Å². The zero-order chi connectivity index (χ0) is 22.3. The highest BCUT2D eigenvalue weighted by molar-refractivity contribution is 5.96. The SMILES string of the molecule is CC(=O)CC(=O)NCCCNC(=O)C1=C(C)OC(c2ccccc2)(c2ccccc2)C1. The first-order valence-electron chi connectivity index (χ1n) is 10.5. The van der Waals surface area contributed by atoms with Gasteiger partial charge in [-0.3, -0.25) is 14.4 Å². The number of allylic oxidation sites excluding steroid dienone is 1. The molecule has 6 nitrogen and oxygen atoms in total. The molecule has 162 valence electrons. The summed E-state index contributed by atoms with van der Waals surface area (Å²) >= 11 is 0. The van der Waals surface area contributed by atoms with Gasteiger partial charge in [0.1, 0.15) is 11.5 Å². The Kier molecular flexibility index (Phi) is 7.23. The third-order valence-corrected chi connectivity index (χ3v) is 5.30. The van der Waals surface area contributed by atoms with E-state index in [9.17, 15) is 14.4 Å². The zero-order valence-electron chi connectivity index (χ0n) is 17.9. The summed E-state index contributed by atoms with van der Waals surface area (Å²) in [5, 5.41) is 5.59. The molecule has 0 radical (unpaired) electrons. The minimum absolute atomic E-state index is 0.114. The monoisotopic (exact) mass is 420 g/mol. The molecule has 2 aromatic rings. The molecular formula is C25H28N2O4. The fraction of sp³-hybridized carbons (Fsp3) is 0.320. The highest BCUT2D eigenvalue weighted by Gasteiger charge is 2.44. The van der Waals surface area contributed by atoms with Crippen molar-refractivity contribution >= 4 is 17.6 Å². The summed E-state index contributed by atoms with van der Waals surface area (Å²) in [7, 11) is 0. The number of amides is 2. The molecule has 0 bridgehead atoms. The summed E-state index contributed by atoms with van der Waals surface area (Å²) in [4.78, 5) is 35.3. The summed E-state index contributed by atoms with van der Waals surface area (Å²) in [5.41, 5.74) is 1.88. The molecule has 2 amide bonds. The largest absolute Gasteiger partial charge is 0.482 e. The van der Waals surface area contributed by atoms with E-state index in [2.05, 4.69) is 10.6 Å². The van der Waals surface area contributed by atoms with Gasteiger partial charge in [0.2, 0.25) is 5.91 Å². The van der Waals surface area contributed by atoms with E-state index in [4.69, 9.17) is 4.74 Å². The van der Waals surface area contributed by atoms with Crippen molar-refractivity contribution in [3.8, 4) is 0 Å². The third-order valence-electron chi connectivity index (χ3n) is 5.30. The van der Waals surface area contributed by atoms with Crippen LogP contribution in [0.5, 0.6) is 0 Å². The average Bonchev–Trinajstić information content (AvgIpc) is 3.13. The first-order valence-corrected chi connectivity index (χ1v) is 10.5. The first kappa shape index (κ1) is 22.3. The molecule has 0 saturated heterocycles. The van der Waals surface area contributed by atoms with Gasteiger partial charge in [-0.1, -0.05) is 60.7 Å². The molecule has 2 aromatic carbocycles. The standard InChI is InChI=1S/C25H28N2O4/c1-18(28)16-23(29)26-14-9-15-27-24(30)22-17-25(31-19(22)2,20-10-5-3-6-11-20)21-12-7-4-8-13-21/h3-8,10-13H,9,14-17H2,1-2H3,(H,26,29)(H,27,30). The predicted molar refractivity (Wildman–Crippen MR) is 118 cm³/mol. The van der Waals surface area contributed by atoms with Crippen LogP contribution in [-0.4, -0.2) is 30.7 Å². The zero-order valence-corrected chi connectivity index (χ0v) is 17.9. The minimum Gasteiger partial charge on any atom is -0.482 e. The Labute approximate surface area is 182 Å². The van der Waals surface area contributed by atoms with Crippen molar-refractivity contribution in [2.75, 3.05) is 13.1 Å². The summed E-state index contributed by atoms with van der Waals surface area (Å²) in [6.07, 6.45) is 0.899. The number of nitrogens with one attached hydrogen (secondary N) is 2. The van der Waals surface area contributed by atoms with E-state index < -0.39 is 5.60 Å². The molecule has 0 saturated carbocycles. The molecule has 1 aliphatic rings. The minimum atomic E-state index is -0.736. The van der Waals surface area contributed by atoms with Gasteiger partial charge >= 0.3 is 0 Å². The van der Waals surface area contributed by atoms with E-state index >= 15 is 0 Å². The van der Waals surface area contributed by atoms with E-state index in [-0.39, 0.29) is 24.0 Å². The van der Waals surface area contributed by atoms with Crippen LogP contribution in [0.15, 0.2) is 72.0 Å². The number of hydrogen-bond donors (Lipinski definition) is 2. The van der Waals surface area contributed by atoms with Crippen LogP contribution in [0.1, 0.15) is 44.2 Å². The van der Waals surface area contributed by atoms with Gasteiger partial charge in [0.25, 0.3) is 5.91 Å². The molecule has 0 aromatic heterocycles. The van der Waals surface area contributed by atoms with Crippen molar-refractivity contribution in [2.45, 2.75) is 38.7 Å². The fourth-order valence-electron chi connectivity index (χ4n) is 3.79. The number of benzene rings is 2. The van der Waals surface area contributed by atoms with Crippen LogP contribution in [0, 0.1) is 0 Å². The van der Waals surface area contributed by atoms with Gasteiger partial charge in [0.05, 0.1) is 12.0 Å². The second-order valence-corrected chi connectivity index (χ2v) is 7.71. The molecule has 0 fully saturated rings. The Balaban J connectivity index is 1.64. The van der Waals surface area contributed by atoms with Crippen molar-refractivity contribution in [1.82, 2.24) is 10.6 Å². The Hall–Kier alpha value is -3.41. The lowest BCUT2D eigenvalue weighted by atomic mass is 9.82. The predicted octanol–water partition coefficient (Wildman–Crippen LogP) is 3.23. The first-order chi connectivity index (χ1) is 14.9. The molecular weight excluding hydrogens is 392 g/mol. The van der Waals surface area contributed by atoms with Crippen molar-refractivity contribution < 1.29 is 19.1 Å². The van der Waals surface area contributed by atoms with Crippen LogP contribution in [-0.2, 0) is 24.7 Å². The Morgan fingerprint density at radius 3 is 2.00 bits per heavy atom. The molecule has 0 unspecified atom stereocenters. The summed E-state index contributed by atoms with van der Waals surface area (Å²) in [6.45, 7) is 4.02. The lowest BCUT2D eigenvalue weighted by Gasteiger charge is -2.31. The number of carbonyl (C=O) groups is 3. The van der Waals surface area contributed by atoms with Gasteiger partial charge in [0, 0.05) is 30.6 Å². The summed E-state index contributed by atoms with van der Waals surface area (Å²) < 4.78 is 6.38. The van der Waals surface area contributed by atoms with E-state index in [0.29, 0.717) is 37.3 Å². The van der Waals surface area contributed by atoms with Gasteiger partial charge in [-0.15, -0.1) is 0 Å². The fourth-order valence-corrected chi connectivity index (χ4v) is 3.79. The Morgan fingerprint density at radius 1 is 0.903 bits per heavy atom. The van der Waals surface area contributed by atoms with Crippen molar-refractivity contribution in [3.63, 3.8) is 0 Å². The highest BCUT2D eigenvalue weighted by atomic mass is 16.5. The lowest BCUT2D eigenvalue weighted by molar-refractivity contribution is -0.127. The molecule has 1 heterocycles. The number of ketones is 1. The van der Waals surface area contributed by atoms with Crippen LogP contribution in [0.3, 0.4) is 0 Å². The Morgan fingerprint density at radius 2 is 1.45 bits per heavy atom. The molecule has 0 atom stereocenters. The lowest BCUT2D eigenvalue weighted by Crippen LogP contribution is -2.32. The van der Waals surface area contributed by atoms with E-state index in [1.807, 2.05) is 67.6 Å². The quantitative estimate of drug-likeness (QED) is 0.482. The topological polar surface area (TPSA) is 84.5 Å². The maximum absolute atomic E-state index is 12.9. The molecule has 0 spiro atoms. The van der Waals surface area contributed by atoms with Crippen LogP contribution in [0.4, 0.5) is 0 Å². The van der Waals surface area contributed by atoms with Crippen LogP contribution in [0.2, 0.25) is 0 Å². The molecule has 6 heteroatoms. The maximum Gasteiger partial charge on any atom is 0.250 e. The molecule has 31 heavy (non-hydrogen) atoms. The van der Waals surface area contributed by atoms with E-state index in [0.717, 1.165) is 11.1 Å². The second kappa shape index (κ2) is 10.1. The number of rotatable bonds is 9. The number of ether oxygens (including phenoxy) is 1. The number of Topliss-reactive ketones (excluding diaryl/α,β-unsaturated/α-hetero) is 1. The van der Waals surface area contributed by atoms with E-state index in [1.165, 1.54) is 6.92 Å². The third kappa shape index (κ3) is 5.40. The van der Waals surface area contributed by atoms with Gasteiger partial charge in [-0.2, -0.15) is 0 Å². The van der Waals surface area contributed by atoms with E-state index in [1.54, 1.807) is 0 Å². The number of carbonyl (C=O) groups excluding carboxylic acids is 3. The van der Waals surface area contributed by atoms with Gasteiger partial charge in [-0.05, 0) is 20.3 Å². The van der Waals surface area contributed by atoms with Gasteiger partial charge in [-0.25, -0.2) is 0 Å². The Bertz CT molecular complexity index is 928. The van der Waals surface area contributed by atoms with Gasteiger partial charge < -0.3 is 15.4 Å². The van der Waals surface area contributed by atoms with Crippen LogP contribution in [0.25, 0.3) is 0 Å². The summed E-state index contributed by atoms with van der Waals surface area (Å²) in [6, 6.07) is 19.9. The highest BCUT2D eigenvalue weighted by Crippen LogP contribution is 2.46. The van der Waals surface area contributed by atoms with Crippen molar-refractivity contribution in [2.24, 2.45) is 0 Å². The molecule has 1 aliphatic heterocycles. The van der Waals surface area contributed by atoms with Crippen LogP contribution < -0.4 is 10.6 Å². The molecule has 2 N–H and O–H groups in total. The van der Waals surface area contributed by atoms with Crippen LogP contribution >= 0.6 is 0 Å². The average molecular weight is 421 g/mol. The summed E-state index contributed by atoms with van der Waals surface area (Å²) in [5.74, 6) is -0.0203. The number of hydrogen-bond acceptors (Lipinski definition) is 4. The smallest absolute Gasteiger partial charge is 0.250 e. The maximum atomic E-state index is 12.9. The van der Waals surface area contributed by atoms with Crippen molar-refractivity contribution in [1.29, 1.82) is 0 Å². The molecule has 3 rings (SSSR count). The molecule has 0 aliphatic carbocycles. The van der Waals surface area contributed by atoms with Crippen molar-refractivity contribution in [3.05, 3.63) is 83.1 Å².